The van der Waals surface area contributed by atoms with Crippen molar-refractivity contribution >= 4 is 22.7 Å². The molecule has 20 heavy (non-hydrogen) atoms. The van der Waals surface area contributed by atoms with Gasteiger partial charge in [-0.25, -0.2) is 4.98 Å². The number of piperidine rings is 1. The maximum Gasteiger partial charge on any atom is 0.201 e. The van der Waals surface area contributed by atoms with Gasteiger partial charge in [-0.3, -0.25) is 0 Å². The molecule has 0 radical (unpaired) electrons. The average Bonchev–Trinajstić information content (AvgIpc) is 2.80. The second-order valence-corrected chi connectivity index (χ2v) is 5.77. The second kappa shape index (κ2) is 5.71. The van der Waals surface area contributed by atoms with Crippen LogP contribution in [0.2, 0.25) is 0 Å². The van der Waals surface area contributed by atoms with Crippen molar-refractivity contribution in [2.24, 2.45) is 0 Å². The highest BCUT2D eigenvalue weighted by molar-refractivity contribution is 5.80. The van der Waals surface area contributed by atoms with Crippen LogP contribution in [0.25, 0.3) is 11.0 Å². The molecular formula is C15H23N5. The Morgan fingerprint density at radius 3 is 2.95 bits per heavy atom. The molecule has 0 bridgehead atoms. The summed E-state index contributed by atoms with van der Waals surface area (Å²) in [5.41, 5.74) is 8.48. The van der Waals surface area contributed by atoms with E-state index in [4.69, 9.17) is 5.73 Å². The Bertz CT molecular complexity index is 571. The number of rotatable bonds is 4. The molecule has 5 nitrogen and oxygen atoms in total. The number of H-pyrrole nitrogens is 1. The second-order valence-electron chi connectivity index (χ2n) is 5.77. The molecule has 1 atom stereocenters. The van der Waals surface area contributed by atoms with Gasteiger partial charge in [0.05, 0.1) is 11.0 Å². The fourth-order valence-corrected chi connectivity index (χ4v) is 2.90. The van der Waals surface area contributed by atoms with Crippen molar-refractivity contribution in [2.75, 3.05) is 30.7 Å². The minimum Gasteiger partial charge on any atom is -0.399 e. The molecule has 0 saturated carbocycles. The van der Waals surface area contributed by atoms with Gasteiger partial charge in [-0.2, -0.15) is 0 Å². The highest BCUT2D eigenvalue weighted by atomic mass is 15.2. The molecule has 5 heteroatoms. The number of nitrogen functional groups attached to an aromatic ring is 1. The number of anilines is 2. The lowest BCUT2D eigenvalue weighted by Gasteiger charge is -2.29. The summed E-state index contributed by atoms with van der Waals surface area (Å²) in [6.07, 6.45) is 4.04. The smallest absolute Gasteiger partial charge is 0.201 e. The van der Waals surface area contributed by atoms with E-state index in [9.17, 15) is 0 Å². The van der Waals surface area contributed by atoms with E-state index < -0.39 is 0 Å². The van der Waals surface area contributed by atoms with Crippen molar-refractivity contribution < 1.29 is 0 Å². The van der Waals surface area contributed by atoms with Crippen LogP contribution in [0.15, 0.2) is 18.2 Å². The van der Waals surface area contributed by atoms with Crippen LogP contribution in [-0.2, 0) is 0 Å². The van der Waals surface area contributed by atoms with Gasteiger partial charge in [0.25, 0.3) is 0 Å². The van der Waals surface area contributed by atoms with Crippen LogP contribution in [0.5, 0.6) is 0 Å². The zero-order valence-electron chi connectivity index (χ0n) is 12.0. The first-order valence-electron chi connectivity index (χ1n) is 7.45. The number of nitrogens with two attached hydrogens (primary N) is 1. The molecule has 0 amide bonds. The van der Waals surface area contributed by atoms with Gasteiger partial charge in [-0.15, -0.1) is 0 Å². The van der Waals surface area contributed by atoms with Crippen molar-refractivity contribution in [2.45, 2.75) is 32.2 Å². The Morgan fingerprint density at radius 2 is 2.15 bits per heavy atom. The number of likely N-dealkylation sites (tertiary alicyclic amines) is 1. The number of hydrogen-bond acceptors (Lipinski definition) is 4. The molecule has 1 aliphatic heterocycles. The number of hydrogen-bond donors (Lipinski definition) is 3. The summed E-state index contributed by atoms with van der Waals surface area (Å²) in [4.78, 5) is 10.4. The standard InChI is InChI=1S/C15H23N5/c1-11(10-20-7-3-2-4-8-20)17-15-18-13-6-5-12(16)9-14(13)19-15/h5-6,9,11H,2-4,7-8,10,16H2,1H3,(H2,17,18,19). The number of fused-ring (bicyclic) bond motifs is 1. The largest absolute Gasteiger partial charge is 0.399 e. The molecule has 108 valence electrons. The van der Waals surface area contributed by atoms with Gasteiger partial charge in [0.15, 0.2) is 0 Å². The molecule has 0 spiro atoms. The molecule has 4 N–H and O–H groups in total. The minimum atomic E-state index is 0.381. The molecule has 1 saturated heterocycles. The Balaban J connectivity index is 1.63. The molecule has 0 aliphatic carbocycles. The maximum absolute atomic E-state index is 5.78. The zero-order chi connectivity index (χ0) is 13.9. The molecule has 1 aromatic heterocycles. The molecule has 1 unspecified atom stereocenters. The quantitative estimate of drug-likeness (QED) is 0.748. The summed E-state index contributed by atoms with van der Waals surface area (Å²) in [6.45, 7) is 5.72. The van der Waals surface area contributed by atoms with Crippen LogP contribution in [0.1, 0.15) is 26.2 Å². The van der Waals surface area contributed by atoms with Gasteiger partial charge in [-0.1, -0.05) is 6.42 Å². The van der Waals surface area contributed by atoms with Crippen LogP contribution < -0.4 is 11.1 Å². The van der Waals surface area contributed by atoms with E-state index in [1.165, 1.54) is 32.4 Å². The van der Waals surface area contributed by atoms with Crippen LogP contribution >= 0.6 is 0 Å². The van der Waals surface area contributed by atoms with E-state index >= 15 is 0 Å². The number of aromatic amines is 1. The van der Waals surface area contributed by atoms with Crippen LogP contribution in [0, 0.1) is 0 Å². The number of aromatic nitrogens is 2. The van der Waals surface area contributed by atoms with Gasteiger partial charge in [0, 0.05) is 18.3 Å². The fourth-order valence-electron chi connectivity index (χ4n) is 2.90. The third-order valence-electron chi connectivity index (χ3n) is 3.87. The van der Waals surface area contributed by atoms with Crippen molar-refractivity contribution in [1.29, 1.82) is 0 Å². The van der Waals surface area contributed by atoms with Gasteiger partial charge < -0.3 is 20.9 Å². The van der Waals surface area contributed by atoms with Crippen molar-refractivity contribution in [1.82, 2.24) is 14.9 Å². The number of imidazole rings is 1. The highest BCUT2D eigenvalue weighted by Gasteiger charge is 2.14. The van der Waals surface area contributed by atoms with Gasteiger partial charge in [0.1, 0.15) is 0 Å². The Hall–Kier alpha value is -1.75. The molecule has 2 aromatic rings. The molecule has 1 aliphatic rings. The van der Waals surface area contributed by atoms with E-state index in [1.54, 1.807) is 0 Å². The Morgan fingerprint density at radius 1 is 1.35 bits per heavy atom. The van der Waals surface area contributed by atoms with E-state index in [0.29, 0.717) is 6.04 Å². The van der Waals surface area contributed by atoms with E-state index in [-0.39, 0.29) is 0 Å². The Kier molecular flexibility index (Phi) is 3.78. The molecular weight excluding hydrogens is 250 g/mol. The maximum atomic E-state index is 5.78. The first-order valence-corrected chi connectivity index (χ1v) is 7.45. The number of benzene rings is 1. The van der Waals surface area contributed by atoms with Crippen LogP contribution in [0.3, 0.4) is 0 Å². The number of nitrogens with zero attached hydrogens (tertiary/aromatic N) is 2. The summed E-state index contributed by atoms with van der Waals surface area (Å²) in [5, 5.41) is 3.45. The Labute approximate surface area is 119 Å². The van der Waals surface area contributed by atoms with E-state index in [2.05, 4.69) is 27.1 Å². The lowest BCUT2D eigenvalue weighted by Crippen LogP contribution is -2.38. The third kappa shape index (κ3) is 3.04. The summed E-state index contributed by atoms with van der Waals surface area (Å²) in [5.74, 6) is 0.829. The van der Waals surface area contributed by atoms with Crippen LogP contribution in [-0.4, -0.2) is 40.5 Å². The SMILES string of the molecule is CC(CN1CCCCC1)Nc1nc2ccc(N)cc2[nH]1. The van der Waals surface area contributed by atoms with Crippen molar-refractivity contribution in [3.8, 4) is 0 Å². The summed E-state index contributed by atoms with van der Waals surface area (Å²) < 4.78 is 0. The molecule has 1 fully saturated rings. The molecule has 2 heterocycles. The van der Waals surface area contributed by atoms with Gasteiger partial charge in [-0.05, 0) is 51.1 Å². The highest BCUT2D eigenvalue weighted by Crippen LogP contribution is 2.18. The minimum absolute atomic E-state index is 0.381. The predicted octanol–water partition coefficient (Wildman–Crippen LogP) is 2.43. The van der Waals surface area contributed by atoms with Crippen molar-refractivity contribution in [3.63, 3.8) is 0 Å². The van der Waals surface area contributed by atoms with Gasteiger partial charge >= 0.3 is 0 Å². The first-order chi connectivity index (χ1) is 9.70. The third-order valence-corrected chi connectivity index (χ3v) is 3.87. The first kappa shape index (κ1) is 13.2. The predicted molar refractivity (Wildman–Crippen MR) is 83.9 cm³/mol. The average molecular weight is 273 g/mol. The zero-order valence-corrected chi connectivity index (χ0v) is 12.0. The summed E-state index contributed by atoms with van der Waals surface area (Å²) in [6, 6.07) is 6.13. The van der Waals surface area contributed by atoms with E-state index in [0.717, 1.165) is 29.2 Å². The van der Waals surface area contributed by atoms with Crippen LogP contribution in [0.4, 0.5) is 11.6 Å². The normalized spacial score (nSPS) is 18.2. The monoisotopic (exact) mass is 273 g/mol. The summed E-state index contributed by atoms with van der Waals surface area (Å²) >= 11 is 0. The number of nitrogens with one attached hydrogen (secondary N) is 2. The molecule has 3 rings (SSSR count). The lowest BCUT2D eigenvalue weighted by atomic mass is 10.1. The molecule has 1 aromatic carbocycles. The van der Waals surface area contributed by atoms with Gasteiger partial charge in [0.2, 0.25) is 5.95 Å². The summed E-state index contributed by atoms with van der Waals surface area (Å²) in [7, 11) is 0. The fraction of sp³-hybridized carbons (Fsp3) is 0.533. The van der Waals surface area contributed by atoms with Crippen molar-refractivity contribution in [3.05, 3.63) is 18.2 Å². The lowest BCUT2D eigenvalue weighted by molar-refractivity contribution is 0.223. The topological polar surface area (TPSA) is 70.0 Å². The van der Waals surface area contributed by atoms with E-state index in [1.807, 2.05) is 18.2 Å².